The van der Waals surface area contributed by atoms with E-state index in [9.17, 15) is 34.8 Å². The molecule has 0 spiro atoms. The number of rotatable bonds is 5. The summed E-state index contributed by atoms with van der Waals surface area (Å²) < 4.78 is 0. The summed E-state index contributed by atoms with van der Waals surface area (Å²) in [6, 6.07) is 7.86. The topological polar surface area (TPSA) is 177 Å². The summed E-state index contributed by atoms with van der Waals surface area (Å²) >= 11 is 0. The molecule has 5 rings (SSSR count). The van der Waals surface area contributed by atoms with Gasteiger partial charge in [0.15, 0.2) is 5.78 Å². The van der Waals surface area contributed by atoms with Gasteiger partial charge in [0.1, 0.15) is 22.9 Å². The van der Waals surface area contributed by atoms with Crippen molar-refractivity contribution in [1.82, 2.24) is 4.90 Å². The number of phenols is 1. The average Bonchev–Trinajstić information content (AvgIpc) is 2.89. The quantitative estimate of drug-likeness (QED) is 0.312. The van der Waals surface area contributed by atoms with E-state index in [1.165, 1.54) is 6.92 Å². The van der Waals surface area contributed by atoms with Gasteiger partial charge in [-0.1, -0.05) is 12.1 Å². The van der Waals surface area contributed by atoms with Crippen LogP contribution >= 0.6 is 0 Å². The Labute approximate surface area is 243 Å². The third-order valence-corrected chi connectivity index (χ3v) is 8.77. The molecule has 3 aliphatic carbocycles. The maximum absolute atomic E-state index is 14.1. The number of primary amides is 1. The number of fused-ring (bicyclic) bond motifs is 3. The highest BCUT2D eigenvalue weighted by Crippen LogP contribution is 2.55. The zero-order valence-corrected chi connectivity index (χ0v) is 24.2. The zero-order chi connectivity index (χ0) is 30.8. The van der Waals surface area contributed by atoms with Crippen LogP contribution in [0.3, 0.4) is 0 Å². The lowest BCUT2D eigenvalue weighted by Gasteiger charge is -2.51. The predicted octanol–water partition coefficient (Wildman–Crippen LogP) is 2.48. The first-order valence-corrected chi connectivity index (χ1v) is 13.7. The van der Waals surface area contributed by atoms with Gasteiger partial charge in [0, 0.05) is 55.9 Å². The number of carbonyl (C=O) groups excluding carboxylic acids is 3. The highest BCUT2D eigenvalue weighted by molar-refractivity contribution is 6.11. The van der Waals surface area contributed by atoms with Crippen LogP contribution in [0.1, 0.15) is 30.9 Å². The number of phenolic OH excluding ortho intramolecular Hbond substituents is 1. The molecule has 11 heteroatoms. The van der Waals surface area contributed by atoms with E-state index in [2.05, 4.69) is 5.32 Å². The van der Waals surface area contributed by atoms with E-state index in [0.717, 1.165) is 0 Å². The van der Waals surface area contributed by atoms with Crippen molar-refractivity contribution in [2.75, 3.05) is 38.4 Å². The van der Waals surface area contributed by atoms with Gasteiger partial charge in [-0.3, -0.25) is 19.3 Å². The van der Waals surface area contributed by atoms with Crippen molar-refractivity contribution in [2.45, 2.75) is 37.8 Å². The molecule has 2 aromatic rings. The van der Waals surface area contributed by atoms with Gasteiger partial charge in [-0.2, -0.15) is 0 Å². The fraction of sp³-hybridized carbons (Fsp3) is 0.387. The minimum Gasteiger partial charge on any atom is -0.510 e. The van der Waals surface area contributed by atoms with E-state index >= 15 is 0 Å². The van der Waals surface area contributed by atoms with Gasteiger partial charge in [0.25, 0.3) is 0 Å². The monoisotopic (exact) mass is 576 g/mol. The summed E-state index contributed by atoms with van der Waals surface area (Å²) in [5, 5.41) is 48.9. The highest BCUT2D eigenvalue weighted by atomic mass is 16.3. The second-order valence-electron chi connectivity index (χ2n) is 11.9. The van der Waals surface area contributed by atoms with Gasteiger partial charge < -0.3 is 36.4 Å². The molecular formula is C31H36N4O7. The van der Waals surface area contributed by atoms with E-state index < -0.39 is 47.3 Å². The van der Waals surface area contributed by atoms with Crippen LogP contribution in [0.5, 0.6) is 5.75 Å². The molecule has 2 amide bonds. The number of Topliss-reactive ketones (excluding diaryl/α,β-unsaturated/α-hetero) is 1. The van der Waals surface area contributed by atoms with Gasteiger partial charge in [-0.15, -0.1) is 0 Å². The van der Waals surface area contributed by atoms with E-state index in [1.54, 1.807) is 49.3 Å². The van der Waals surface area contributed by atoms with Crippen LogP contribution < -0.4 is 16.0 Å². The van der Waals surface area contributed by atoms with Crippen LogP contribution in [0.2, 0.25) is 0 Å². The first-order chi connectivity index (χ1) is 19.7. The number of benzene rings is 2. The summed E-state index contributed by atoms with van der Waals surface area (Å²) in [5.74, 6) is -4.18. The van der Waals surface area contributed by atoms with Crippen LogP contribution in [-0.2, 0) is 20.8 Å². The van der Waals surface area contributed by atoms with Crippen LogP contribution in [0, 0.1) is 11.8 Å². The smallest absolute Gasteiger partial charge is 0.248 e. The van der Waals surface area contributed by atoms with Gasteiger partial charge in [-0.25, -0.2) is 0 Å². The molecule has 2 aromatic carbocycles. The number of hydrogen-bond donors (Lipinski definition) is 6. The van der Waals surface area contributed by atoms with Gasteiger partial charge in [0.2, 0.25) is 11.8 Å². The molecule has 4 atom stereocenters. The SMILES string of the molecule is CC(=O)Nc1cccc(-c2cc(N(C)C)c3c(c2O)C(O)=C2C(=O)C4(O)CC(C(N)=O)=C(O)C(N(C)C)C4CC2C3)c1. The first-order valence-electron chi connectivity index (χ1n) is 13.7. The average molecular weight is 577 g/mol. The molecule has 4 unspecified atom stereocenters. The highest BCUT2D eigenvalue weighted by Gasteiger charge is 2.60. The molecule has 3 aliphatic rings. The predicted molar refractivity (Wildman–Crippen MR) is 158 cm³/mol. The number of hydrogen-bond acceptors (Lipinski definition) is 9. The molecule has 0 bridgehead atoms. The summed E-state index contributed by atoms with van der Waals surface area (Å²) in [5.41, 5.74) is 6.10. The molecule has 11 nitrogen and oxygen atoms in total. The van der Waals surface area contributed by atoms with Crippen molar-refractivity contribution in [3.63, 3.8) is 0 Å². The Morgan fingerprint density at radius 2 is 1.79 bits per heavy atom. The Kier molecular flexibility index (Phi) is 7.06. The van der Waals surface area contributed by atoms with Crippen molar-refractivity contribution >= 4 is 34.7 Å². The molecule has 0 saturated heterocycles. The number of aliphatic hydroxyl groups is 3. The van der Waals surface area contributed by atoms with Gasteiger partial charge in [0.05, 0.1) is 17.2 Å². The van der Waals surface area contributed by atoms with Crippen LogP contribution in [0.4, 0.5) is 11.4 Å². The third kappa shape index (κ3) is 4.40. The van der Waals surface area contributed by atoms with Gasteiger partial charge >= 0.3 is 0 Å². The van der Waals surface area contributed by atoms with Crippen molar-refractivity contribution in [3.8, 4) is 16.9 Å². The van der Waals surface area contributed by atoms with Crippen molar-refractivity contribution in [1.29, 1.82) is 0 Å². The minimum atomic E-state index is -2.10. The molecule has 7 N–H and O–H groups in total. The molecule has 222 valence electrons. The van der Waals surface area contributed by atoms with Gasteiger partial charge in [-0.05, 0) is 62.2 Å². The summed E-state index contributed by atoms with van der Waals surface area (Å²) in [6.07, 6.45) is 0.0328. The molecule has 42 heavy (non-hydrogen) atoms. The molecule has 0 aromatic heterocycles. The standard InChI is InChI=1S/C31H36N4O7/c1-14(36)33-17-8-6-7-15(9-17)18-12-22(34(2)3)19-10-16-11-21-25(35(4)5)27(38)20(30(32)41)13-31(21,42)29(40)23(16)28(39)24(19)26(18)37/h6-9,12,16,21,25,37-39,42H,10-11,13H2,1-5H3,(H2,32,41)(H,33,36). The minimum absolute atomic E-state index is 0.0203. The lowest BCUT2D eigenvalue weighted by Crippen LogP contribution is -2.62. The molecule has 0 heterocycles. The molecule has 1 fully saturated rings. The Balaban J connectivity index is 1.70. The summed E-state index contributed by atoms with van der Waals surface area (Å²) in [7, 11) is 7.03. The number of amides is 2. The van der Waals surface area contributed by atoms with E-state index in [1.807, 2.05) is 19.0 Å². The Morgan fingerprint density at radius 3 is 2.38 bits per heavy atom. The fourth-order valence-electron chi connectivity index (χ4n) is 6.97. The molecular weight excluding hydrogens is 540 g/mol. The number of aliphatic hydroxyl groups excluding tert-OH is 2. The van der Waals surface area contributed by atoms with E-state index in [0.29, 0.717) is 28.1 Å². The largest absolute Gasteiger partial charge is 0.510 e. The van der Waals surface area contributed by atoms with Crippen molar-refractivity contribution in [2.24, 2.45) is 17.6 Å². The van der Waals surface area contributed by atoms with Crippen LogP contribution in [0.25, 0.3) is 16.9 Å². The molecule has 0 aliphatic heterocycles. The number of aromatic hydroxyl groups is 1. The van der Waals surface area contributed by atoms with Crippen molar-refractivity contribution in [3.05, 3.63) is 58.4 Å². The van der Waals surface area contributed by atoms with Crippen LogP contribution in [-0.4, -0.2) is 82.8 Å². The fourth-order valence-corrected chi connectivity index (χ4v) is 6.97. The number of nitrogens with one attached hydrogen (secondary N) is 1. The third-order valence-electron chi connectivity index (χ3n) is 8.77. The number of nitrogens with zero attached hydrogens (tertiary/aromatic N) is 2. The number of anilines is 2. The van der Waals surface area contributed by atoms with Crippen LogP contribution in [0.15, 0.2) is 47.2 Å². The zero-order valence-electron chi connectivity index (χ0n) is 24.2. The maximum atomic E-state index is 14.1. The summed E-state index contributed by atoms with van der Waals surface area (Å²) in [6.45, 7) is 1.39. The molecule has 0 radical (unpaired) electrons. The maximum Gasteiger partial charge on any atom is 0.248 e. The van der Waals surface area contributed by atoms with E-state index in [4.69, 9.17) is 5.73 Å². The Bertz CT molecular complexity index is 1590. The Hall–Kier alpha value is -4.35. The molecule has 1 saturated carbocycles. The lowest BCUT2D eigenvalue weighted by molar-refractivity contribution is -0.151. The summed E-state index contributed by atoms with van der Waals surface area (Å²) in [4.78, 5) is 41.5. The first kappa shape index (κ1) is 29.2. The normalized spacial score (nSPS) is 25.1. The van der Waals surface area contributed by atoms with E-state index in [-0.39, 0.29) is 47.0 Å². The number of carbonyl (C=O) groups is 3. The van der Waals surface area contributed by atoms with Crippen molar-refractivity contribution < 1.29 is 34.8 Å². The Morgan fingerprint density at radius 1 is 1.10 bits per heavy atom. The second kappa shape index (κ2) is 10.2. The number of nitrogens with two attached hydrogens (primary N) is 1. The second-order valence-corrected chi connectivity index (χ2v) is 11.9. The lowest BCUT2D eigenvalue weighted by atomic mass is 9.57. The number of ketones is 1. The number of likely N-dealkylation sites (N-methyl/N-ethyl adjacent to an activating group) is 1.